The molecule has 3 atom stereocenters. The van der Waals surface area contributed by atoms with Crippen LogP contribution in [-0.2, 0) is 5.60 Å². The highest BCUT2D eigenvalue weighted by atomic mass is 127. The summed E-state index contributed by atoms with van der Waals surface area (Å²) >= 11 is 1.84. The molecule has 5 nitrogen and oxygen atoms in total. The van der Waals surface area contributed by atoms with Crippen LogP contribution in [-0.4, -0.2) is 49.2 Å². The lowest BCUT2D eigenvalue weighted by Gasteiger charge is -2.39. The van der Waals surface area contributed by atoms with Gasteiger partial charge in [0, 0.05) is 24.0 Å². The maximum Gasteiger partial charge on any atom is 0.191 e. The second kappa shape index (κ2) is 12.0. The molecule has 0 aliphatic carbocycles. The normalized spacial score (nSPS) is 22.1. The number of hydrogen-bond donors (Lipinski definition) is 3. The number of piperidine rings is 1. The van der Waals surface area contributed by atoms with E-state index in [0.717, 1.165) is 31.2 Å². The van der Waals surface area contributed by atoms with Gasteiger partial charge in [-0.3, -0.25) is 4.90 Å². The predicted molar refractivity (Wildman–Crippen MR) is 138 cm³/mol. The lowest BCUT2D eigenvalue weighted by Crippen LogP contribution is -2.45. The molecule has 3 N–H and O–H groups in total. The quantitative estimate of drug-likeness (QED) is 0.279. The fourth-order valence-corrected chi connectivity index (χ4v) is 5.06. The first-order valence-corrected chi connectivity index (χ1v) is 11.4. The van der Waals surface area contributed by atoms with Crippen LogP contribution in [0.2, 0.25) is 0 Å². The highest BCUT2D eigenvalue weighted by Gasteiger charge is 2.31. The minimum Gasteiger partial charge on any atom is -0.384 e. The monoisotopic (exact) mass is 542 g/mol. The van der Waals surface area contributed by atoms with E-state index in [4.69, 9.17) is 0 Å². The van der Waals surface area contributed by atoms with Crippen molar-refractivity contribution in [2.24, 2.45) is 10.9 Å². The van der Waals surface area contributed by atoms with Gasteiger partial charge in [-0.2, -0.15) is 0 Å². The van der Waals surface area contributed by atoms with Crippen LogP contribution in [0.4, 0.5) is 0 Å². The molecule has 0 spiro atoms. The number of thiophene rings is 1. The zero-order chi connectivity index (χ0) is 20.7. The van der Waals surface area contributed by atoms with E-state index in [1.54, 1.807) is 0 Å². The fourth-order valence-electron chi connectivity index (χ4n) is 4.07. The molecule has 0 saturated carbocycles. The van der Waals surface area contributed by atoms with Gasteiger partial charge in [-0.05, 0) is 63.2 Å². The van der Waals surface area contributed by atoms with E-state index in [9.17, 15) is 5.11 Å². The number of aliphatic imine (C=N–C) groups is 1. The van der Waals surface area contributed by atoms with Gasteiger partial charge in [0.1, 0.15) is 5.60 Å². The van der Waals surface area contributed by atoms with Crippen LogP contribution in [0, 0.1) is 5.92 Å². The van der Waals surface area contributed by atoms with Gasteiger partial charge in [-0.1, -0.05) is 36.4 Å². The van der Waals surface area contributed by atoms with Gasteiger partial charge in [0.05, 0.1) is 6.54 Å². The van der Waals surface area contributed by atoms with Crippen molar-refractivity contribution in [3.05, 3.63) is 58.3 Å². The fraction of sp³-hybridized carbons (Fsp3) is 0.522. The third-order valence-corrected chi connectivity index (χ3v) is 6.60. The number of nitrogens with one attached hydrogen (secondary N) is 2. The summed E-state index contributed by atoms with van der Waals surface area (Å²) in [5.41, 5.74) is -0.111. The molecule has 0 bridgehead atoms. The Balaban J connectivity index is 0.00000320. The Morgan fingerprint density at radius 1 is 1.23 bits per heavy atom. The molecule has 3 rings (SSSR count). The van der Waals surface area contributed by atoms with Gasteiger partial charge in [0.15, 0.2) is 5.96 Å². The molecule has 1 aliphatic rings. The molecular weight excluding hydrogens is 507 g/mol. The van der Waals surface area contributed by atoms with Crippen LogP contribution in [0.1, 0.15) is 43.2 Å². The van der Waals surface area contributed by atoms with E-state index in [0.29, 0.717) is 18.5 Å². The third kappa shape index (κ3) is 6.67. The number of likely N-dealkylation sites (tertiary alicyclic amines) is 1. The summed E-state index contributed by atoms with van der Waals surface area (Å²) in [4.78, 5) is 8.60. The maximum atomic E-state index is 10.9. The van der Waals surface area contributed by atoms with E-state index in [-0.39, 0.29) is 24.0 Å². The number of nitrogens with zero attached hydrogens (tertiary/aromatic N) is 2. The van der Waals surface area contributed by atoms with Crippen molar-refractivity contribution >= 4 is 41.3 Å². The molecule has 166 valence electrons. The first-order chi connectivity index (χ1) is 14.0. The number of hydrogen-bond acceptors (Lipinski definition) is 4. The van der Waals surface area contributed by atoms with Crippen molar-refractivity contribution in [3.63, 3.8) is 0 Å². The Kier molecular flexibility index (Phi) is 10.1. The zero-order valence-electron chi connectivity index (χ0n) is 18.2. The number of benzene rings is 1. The van der Waals surface area contributed by atoms with Gasteiger partial charge >= 0.3 is 0 Å². The molecule has 0 amide bonds. The molecular formula is C23H35IN4OS. The Bertz CT molecular complexity index is 767. The first kappa shape index (κ1) is 25.1. The minimum absolute atomic E-state index is 0. The molecule has 30 heavy (non-hydrogen) atoms. The summed E-state index contributed by atoms with van der Waals surface area (Å²) in [5.74, 6) is 1.30. The Morgan fingerprint density at radius 3 is 2.67 bits per heavy atom. The molecule has 3 unspecified atom stereocenters. The molecule has 1 saturated heterocycles. The summed E-state index contributed by atoms with van der Waals surface area (Å²) < 4.78 is 0. The number of guanidine groups is 1. The van der Waals surface area contributed by atoms with Crippen molar-refractivity contribution in [3.8, 4) is 0 Å². The molecule has 1 aliphatic heterocycles. The minimum atomic E-state index is -0.992. The average molecular weight is 543 g/mol. The van der Waals surface area contributed by atoms with Crippen LogP contribution in [0.3, 0.4) is 0 Å². The lowest BCUT2D eigenvalue weighted by atomic mass is 9.88. The second-order valence-corrected chi connectivity index (χ2v) is 9.04. The lowest BCUT2D eigenvalue weighted by molar-refractivity contribution is 0.0672. The third-order valence-electron chi connectivity index (χ3n) is 5.66. The van der Waals surface area contributed by atoms with Crippen LogP contribution < -0.4 is 10.6 Å². The Morgan fingerprint density at radius 2 is 2.00 bits per heavy atom. The van der Waals surface area contributed by atoms with Crippen LogP contribution >= 0.6 is 35.3 Å². The highest BCUT2D eigenvalue weighted by molar-refractivity contribution is 14.0. The second-order valence-electron chi connectivity index (χ2n) is 8.06. The van der Waals surface area contributed by atoms with Gasteiger partial charge in [-0.15, -0.1) is 35.3 Å². The SMILES string of the molecule is CCNC(=NCC(C)(O)c1ccccc1)NCC1CCCN(C)C1c1cccs1.I. The van der Waals surface area contributed by atoms with E-state index >= 15 is 0 Å². The molecule has 1 aromatic carbocycles. The van der Waals surface area contributed by atoms with Crippen LogP contribution in [0.25, 0.3) is 0 Å². The Labute approximate surface area is 202 Å². The van der Waals surface area contributed by atoms with Crippen molar-refractivity contribution in [2.45, 2.75) is 38.3 Å². The summed E-state index contributed by atoms with van der Waals surface area (Å²) in [6.07, 6.45) is 2.43. The Hall–Kier alpha value is -1.16. The summed E-state index contributed by atoms with van der Waals surface area (Å²) in [7, 11) is 2.23. The maximum absolute atomic E-state index is 10.9. The van der Waals surface area contributed by atoms with Crippen molar-refractivity contribution < 1.29 is 5.11 Å². The summed E-state index contributed by atoms with van der Waals surface area (Å²) in [6.45, 7) is 7.00. The smallest absolute Gasteiger partial charge is 0.191 e. The van der Waals surface area contributed by atoms with Crippen molar-refractivity contribution in [1.29, 1.82) is 0 Å². The zero-order valence-corrected chi connectivity index (χ0v) is 21.3. The standard InChI is InChI=1S/C23H34N4OS.HI/c1-4-24-22(26-17-23(2,28)19-11-6-5-7-12-19)25-16-18-10-8-14-27(3)21(18)20-13-9-15-29-20;/h5-7,9,11-13,15,18,21,28H,4,8,10,14,16-17H2,1-3H3,(H2,24,25,26);1H. The van der Waals surface area contributed by atoms with Crippen LogP contribution in [0.5, 0.6) is 0 Å². The topological polar surface area (TPSA) is 59.9 Å². The van der Waals surface area contributed by atoms with Crippen molar-refractivity contribution in [1.82, 2.24) is 15.5 Å². The largest absolute Gasteiger partial charge is 0.384 e. The van der Waals surface area contributed by atoms with Crippen molar-refractivity contribution in [2.75, 3.05) is 33.2 Å². The molecule has 2 aromatic rings. The van der Waals surface area contributed by atoms with E-state index in [1.165, 1.54) is 17.7 Å². The molecule has 1 fully saturated rings. The van der Waals surface area contributed by atoms with Gasteiger partial charge in [0.25, 0.3) is 0 Å². The molecule has 1 aromatic heterocycles. The van der Waals surface area contributed by atoms with E-state index in [2.05, 4.69) is 52.0 Å². The molecule has 0 radical (unpaired) electrons. The number of rotatable bonds is 7. The molecule has 7 heteroatoms. The van der Waals surface area contributed by atoms with Gasteiger partial charge in [0.2, 0.25) is 0 Å². The van der Waals surface area contributed by atoms with E-state index < -0.39 is 5.60 Å². The number of halogens is 1. The van der Waals surface area contributed by atoms with Gasteiger partial charge in [-0.25, -0.2) is 4.99 Å². The average Bonchev–Trinajstić information content (AvgIpc) is 3.25. The van der Waals surface area contributed by atoms with E-state index in [1.807, 2.05) is 48.6 Å². The van der Waals surface area contributed by atoms with Crippen LogP contribution in [0.15, 0.2) is 52.8 Å². The first-order valence-electron chi connectivity index (χ1n) is 10.5. The molecule has 2 heterocycles. The summed E-state index contributed by atoms with van der Waals surface area (Å²) in [5, 5.41) is 19.9. The summed E-state index contributed by atoms with van der Waals surface area (Å²) in [6, 6.07) is 14.6. The predicted octanol–water partition coefficient (Wildman–Crippen LogP) is 4.21. The van der Waals surface area contributed by atoms with Gasteiger partial charge < -0.3 is 15.7 Å². The number of aliphatic hydroxyl groups is 1. The highest BCUT2D eigenvalue weighted by Crippen LogP contribution is 2.36.